The summed E-state index contributed by atoms with van der Waals surface area (Å²) in [5.74, 6) is -0.473. The molecule has 22 heavy (non-hydrogen) atoms. The van der Waals surface area contributed by atoms with Crippen molar-refractivity contribution in [1.82, 2.24) is 10.2 Å². The molecule has 0 saturated carbocycles. The van der Waals surface area contributed by atoms with Crippen LogP contribution in [0.15, 0.2) is 30.3 Å². The molecule has 0 spiro atoms. The lowest BCUT2D eigenvalue weighted by Gasteiger charge is -2.20. The van der Waals surface area contributed by atoms with E-state index in [1.807, 2.05) is 37.3 Å². The summed E-state index contributed by atoms with van der Waals surface area (Å²) in [6, 6.07) is 8.46. The lowest BCUT2D eigenvalue weighted by atomic mass is 10.1. The predicted molar refractivity (Wildman–Crippen MR) is 81.7 cm³/mol. The van der Waals surface area contributed by atoms with Crippen LogP contribution in [-0.2, 0) is 16.0 Å². The molecule has 0 fully saturated rings. The predicted octanol–water partition coefficient (Wildman–Crippen LogP) is 2.06. The van der Waals surface area contributed by atoms with E-state index in [-0.39, 0.29) is 0 Å². The van der Waals surface area contributed by atoms with Gasteiger partial charge < -0.3 is 10.1 Å². The SMILES string of the molecule is CCCCOC(=O)NC(Cc1ccccc1)C(=O)N(C)C#N. The minimum Gasteiger partial charge on any atom is -0.450 e. The smallest absolute Gasteiger partial charge is 0.407 e. The highest BCUT2D eigenvalue weighted by Crippen LogP contribution is 2.06. The van der Waals surface area contributed by atoms with E-state index in [2.05, 4.69) is 5.32 Å². The number of carbonyl (C=O) groups is 2. The minimum atomic E-state index is -0.832. The first-order valence-corrected chi connectivity index (χ1v) is 7.23. The topological polar surface area (TPSA) is 82.4 Å². The van der Waals surface area contributed by atoms with Crippen LogP contribution in [0.4, 0.5) is 4.79 Å². The van der Waals surface area contributed by atoms with Gasteiger partial charge in [-0.1, -0.05) is 43.7 Å². The molecular formula is C16H21N3O3. The molecule has 6 heteroatoms. The molecule has 1 aromatic carbocycles. The zero-order valence-electron chi connectivity index (χ0n) is 12.9. The third kappa shape index (κ3) is 5.83. The second-order valence-electron chi connectivity index (χ2n) is 4.87. The Kier molecular flexibility index (Phi) is 7.48. The molecule has 1 N–H and O–H groups in total. The summed E-state index contributed by atoms with van der Waals surface area (Å²) in [5.41, 5.74) is 0.890. The van der Waals surface area contributed by atoms with Crippen LogP contribution in [0.1, 0.15) is 25.3 Å². The third-order valence-corrected chi connectivity index (χ3v) is 3.08. The Labute approximate surface area is 130 Å². The van der Waals surface area contributed by atoms with Gasteiger partial charge in [-0.15, -0.1) is 0 Å². The van der Waals surface area contributed by atoms with Gasteiger partial charge in [0.2, 0.25) is 0 Å². The van der Waals surface area contributed by atoms with Gasteiger partial charge >= 0.3 is 6.09 Å². The highest BCUT2D eigenvalue weighted by molar-refractivity contribution is 5.86. The summed E-state index contributed by atoms with van der Waals surface area (Å²) in [6.07, 6.45) is 3.08. The zero-order valence-corrected chi connectivity index (χ0v) is 12.9. The van der Waals surface area contributed by atoms with Crippen LogP contribution in [0, 0.1) is 11.5 Å². The summed E-state index contributed by atoms with van der Waals surface area (Å²) in [5, 5.41) is 11.4. The minimum absolute atomic E-state index is 0.300. The summed E-state index contributed by atoms with van der Waals surface area (Å²) >= 11 is 0. The van der Waals surface area contributed by atoms with Gasteiger partial charge in [0.25, 0.3) is 5.91 Å². The van der Waals surface area contributed by atoms with E-state index in [9.17, 15) is 9.59 Å². The normalized spacial score (nSPS) is 11.1. The number of hydrogen-bond acceptors (Lipinski definition) is 4. The lowest BCUT2D eigenvalue weighted by Crippen LogP contribution is -2.47. The lowest BCUT2D eigenvalue weighted by molar-refractivity contribution is -0.129. The first-order valence-electron chi connectivity index (χ1n) is 7.23. The molecule has 0 aliphatic rings. The van der Waals surface area contributed by atoms with Crippen LogP contribution < -0.4 is 5.32 Å². The van der Waals surface area contributed by atoms with Crippen molar-refractivity contribution in [3.8, 4) is 6.19 Å². The molecule has 0 aliphatic heterocycles. The molecule has 0 saturated heterocycles. The largest absolute Gasteiger partial charge is 0.450 e. The van der Waals surface area contributed by atoms with Gasteiger partial charge in [-0.25, -0.2) is 4.79 Å². The Morgan fingerprint density at radius 3 is 2.64 bits per heavy atom. The molecular weight excluding hydrogens is 282 g/mol. The number of ether oxygens (including phenoxy) is 1. The highest BCUT2D eigenvalue weighted by Gasteiger charge is 2.25. The Balaban J connectivity index is 2.72. The fraction of sp³-hybridized carbons (Fsp3) is 0.438. The first-order chi connectivity index (χ1) is 10.6. The average molecular weight is 303 g/mol. The van der Waals surface area contributed by atoms with E-state index >= 15 is 0 Å². The molecule has 1 rings (SSSR count). The standard InChI is InChI=1S/C16H21N3O3/c1-3-4-10-22-16(21)18-14(15(20)19(2)12-17)11-13-8-6-5-7-9-13/h5-9,14H,3-4,10-11H2,1-2H3,(H,18,21). The van der Waals surface area contributed by atoms with Crippen molar-refractivity contribution >= 4 is 12.0 Å². The monoisotopic (exact) mass is 303 g/mol. The summed E-state index contributed by atoms with van der Waals surface area (Å²) in [4.78, 5) is 24.8. The maximum Gasteiger partial charge on any atom is 0.407 e. The Morgan fingerprint density at radius 1 is 1.36 bits per heavy atom. The third-order valence-electron chi connectivity index (χ3n) is 3.08. The van der Waals surface area contributed by atoms with E-state index in [0.29, 0.717) is 13.0 Å². The van der Waals surface area contributed by atoms with Gasteiger partial charge in [0.1, 0.15) is 6.04 Å². The van der Waals surface area contributed by atoms with Gasteiger partial charge in [0.15, 0.2) is 6.19 Å². The molecule has 0 heterocycles. The molecule has 1 unspecified atom stereocenters. The molecule has 0 aromatic heterocycles. The van der Waals surface area contributed by atoms with Gasteiger partial charge in [0.05, 0.1) is 6.61 Å². The molecule has 1 aromatic rings. The molecule has 2 amide bonds. The summed E-state index contributed by atoms with van der Waals surface area (Å²) in [6.45, 7) is 2.30. The van der Waals surface area contributed by atoms with Gasteiger partial charge in [-0.3, -0.25) is 9.69 Å². The van der Waals surface area contributed by atoms with Crippen LogP contribution in [-0.4, -0.2) is 36.6 Å². The maximum atomic E-state index is 12.2. The molecule has 1 atom stereocenters. The Hall–Kier alpha value is -2.55. The van der Waals surface area contributed by atoms with Crippen LogP contribution in [0.5, 0.6) is 0 Å². The fourth-order valence-corrected chi connectivity index (χ4v) is 1.83. The number of nitrogens with one attached hydrogen (secondary N) is 1. The Morgan fingerprint density at radius 2 is 2.05 bits per heavy atom. The number of alkyl carbamates (subject to hydrolysis) is 1. The van der Waals surface area contributed by atoms with Gasteiger partial charge in [0, 0.05) is 13.5 Å². The highest BCUT2D eigenvalue weighted by atomic mass is 16.5. The second kappa shape index (κ2) is 9.40. The number of likely N-dealkylation sites (N-methyl/N-ethyl adjacent to an activating group) is 1. The quantitative estimate of drug-likeness (QED) is 0.475. The number of rotatable bonds is 7. The van der Waals surface area contributed by atoms with E-state index in [4.69, 9.17) is 10.00 Å². The second-order valence-corrected chi connectivity index (χ2v) is 4.87. The molecule has 0 radical (unpaired) electrons. The van der Waals surface area contributed by atoms with Crippen molar-refractivity contribution in [3.05, 3.63) is 35.9 Å². The van der Waals surface area contributed by atoms with Crippen molar-refractivity contribution < 1.29 is 14.3 Å². The van der Waals surface area contributed by atoms with E-state index in [1.165, 1.54) is 7.05 Å². The number of nitrogens with zero attached hydrogens (tertiary/aromatic N) is 2. The van der Waals surface area contributed by atoms with Crippen molar-refractivity contribution in [2.24, 2.45) is 0 Å². The first kappa shape index (κ1) is 17.5. The van der Waals surface area contributed by atoms with Crippen LogP contribution in [0.3, 0.4) is 0 Å². The van der Waals surface area contributed by atoms with Crippen molar-refractivity contribution in [2.45, 2.75) is 32.2 Å². The number of carbonyl (C=O) groups excluding carboxylic acids is 2. The van der Waals surface area contributed by atoms with E-state index in [0.717, 1.165) is 23.3 Å². The number of hydrogen-bond donors (Lipinski definition) is 1. The number of unbranched alkanes of at least 4 members (excludes halogenated alkanes) is 1. The average Bonchev–Trinajstić information content (AvgIpc) is 2.54. The molecule has 118 valence electrons. The van der Waals surface area contributed by atoms with Gasteiger partial charge in [-0.05, 0) is 12.0 Å². The molecule has 6 nitrogen and oxygen atoms in total. The van der Waals surface area contributed by atoms with Crippen molar-refractivity contribution in [1.29, 1.82) is 5.26 Å². The fourth-order valence-electron chi connectivity index (χ4n) is 1.83. The van der Waals surface area contributed by atoms with Crippen molar-refractivity contribution in [2.75, 3.05) is 13.7 Å². The van der Waals surface area contributed by atoms with E-state index < -0.39 is 18.0 Å². The number of benzene rings is 1. The van der Waals surface area contributed by atoms with Crippen molar-refractivity contribution in [3.63, 3.8) is 0 Å². The van der Waals surface area contributed by atoms with Crippen LogP contribution >= 0.6 is 0 Å². The molecule has 0 aliphatic carbocycles. The maximum absolute atomic E-state index is 12.2. The zero-order chi connectivity index (χ0) is 16.4. The summed E-state index contributed by atoms with van der Waals surface area (Å²) < 4.78 is 5.01. The molecule has 0 bridgehead atoms. The van der Waals surface area contributed by atoms with E-state index in [1.54, 1.807) is 6.19 Å². The number of nitriles is 1. The Bertz CT molecular complexity index is 525. The number of amides is 2. The summed E-state index contributed by atoms with van der Waals surface area (Å²) in [7, 11) is 1.37. The van der Waals surface area contributed by atoms with Crippen LogP contribution in [0.25, 0.3) is 0 Å². The van der Waals surface area contributed by atoms with Gasteiger partial charge in [-0.2, -0.15) is 5.26 Å². The van der Waals surface area contributed by atoms with Crippen LogP contribution in [0.2, 0.25) is 0 Å².